The molecule has 0 amide bonds. The normalized spacial score (nSPS) is 12.4. The molecule has 0 aliphatic rings. The average Bonchev–Trinajstić information content (AvgIpc) is 2.82. The summed E-state index contributed by atoms with van der Waals surface area (Å²) in [6.07, 6.45) is 0. The molecule has 0 spiro atoms. The predicted octanol–water partition coefficient (Wildman–Crippen LogP) is 3.54. The van der Waals surface area contributed by atoms with E-state index in [9.17, 15) is 0 Å². The number of hydrogen-bond acceptors (Lipinski definition) is 4. The lowest BCUT2D eigenvalue weighted by Gasteiger charge is -2.18. The highest BCUT2D eigenvalue weighted by Gasteiger charge is 2.12. The Bertz CT molecular complexity index is 563. The molecule has 2 aromatic rings. The highest BCUT2D eigenvalue weighted by molar-refractivity contribution is 5.39. The summed E-state index contributed by atoms with van der Waals surface area (Å²) in [5.74, 6) is 1.70. The molecule has 1 heterocycles. The van der Waals surface area contributed by atoms with E-state index in [0.717, 1.165) is 29.3 Å². The molecule has 1 unspecified atom stereocenters. The van der Waals surface area contributed by atoms with Gasteiger partial charge in [-0.25, -0.2) is 0 Å². The number of aryl methyl sites for hydroxylation is 2. The highest BCUT2D eigenvalue weighted by Crippen LogP contribution is 2.27. The van der Waals surface area contributed by atoms with Crippen LogP contribution in [-0.4, -0.2) is 11.7 Å². The second kappa shape index (κ2) is 6.57. The van der Waals surface area contributed by atoms with Crippen LogP contribution in [0.1, 0.15) is 42.5 Å². The summed E-state index contributed by atoms with van der Waals surface area (Å²) in [4.78, 5) is 0. The first-order chi connectivity index (χ1) is 9.60. The van der Waals surface area contributed by atoms with Crippen molar-refractivity contribution in [3.63, 3.8) is 0 Å². The Labute approximate surface area is 120 Å². The Kier molecular flexibility index (Phi) is 4.79. The van der Waals surface area contributed by atoms with Crippen LogP contribution in [0.4, 0.5) is 0 Å². The summed E-state index contributed by atoms with van der Waals surface area (Å²) >= 11 is 0. The van der Waals surface area contributed by atoms with Crippen LogP contribution >= 0.6 is 0 Å². The molecule has 1 aromatic heterocycles. The highest BCUT2D eigenvalue weighted by atomic mass is 16.5. The molecule has 0 aliphatic heterocycles. The molecule has 0 bridgehead atoms. The summed E-state index contributed by atoms with van der Waals surface area (Å²) in [5.41, 5.74) is 3.16. The summed E-state index contributed by atoms with van der Waals surface area (Å²) in [6.45, 7) is 9.53. The van der Waals surface area contributed by atoms with Crippen molar-refractivity contribution in [2.45, 2.75) is 40.3 Å². The molecule has 108 valence electrons. The summed E-state index contributed by atoms with van der Waals surface area (Å²) in [5, 5.41) is 7.36. The number of ether oxygens (including phenoxy) is 1. The molecule has 1 atom stereocenters. The minimum Gasteiger partial charge on any atom is -0.487 e. The number of nitrogens with one attached hydrogen (secondary N) is 1. The van der Waals surface area contributed by atoms with Crippen LogP contribution in [0.5, 0.6) is 5.75 Å². The molecular formula is C16H22N2O2. The smallest absolute Gasteiger partial charge is 0.134 e. The van der Waals surface area contributed by atoms with Crippen LogP contribution in [0.2, 0.25) is 0 Å². The van der Waals surface area contributed by atoms with Gasteiger partial charge >= 0.3 is 0 Å². The Hall–Kier alpha value is -1.81. The SMILES string of the molecule is CCNC(C)c1ccc(C)cc1OCc1cc(C)on1. The Balaban J connectivity index is 2.14. The molecule has 1 aromatic carbocycles. The molecule has 0 aliphatic carbocycles. The second-order valence-electron chi connectivity index (χ2n) is 5.04. The topological polar surface area (TPSA) is 47.3 Å². The van der Waals surface area contributed by atoms with Crippen LogP contribution in [0.15, 0.2) is 28.8 Å². The van der Waals surface area contributed by atoms with Gasteiger partial charge in [-0.05, 0) is 38.9 Å². The maximum Gasteiger partial charge on any atom is 0.134 e. The van der Waals surface area contributed by atoms with Crippen molar-refractivity contribution in [2.75, 3.05) is 6.54 Å². The van der Waals surface area contributed by atoms with Crippen molar-refractivity contribution in [3.8, 4) is 5.75 Å². The maximum absolute atomic E-state index is 5.92. The number of rotatable bonds is 6. The third-order valence-corrected chi connectivity index (χ3v) is 3.20. The zero-order valence-corrected chi connectivity index (χ0v) is 12.6. The van der Waals surface area contributed by atoms with Gasteiger partial charge in [0.05, 0.1) is 0 Å². The largest absolute Gasteiger partial charge is 0.487 e. The van der Waals surface area contributed by atoms with Crippen LogP contribution in [-0.2, 0) is 6.61 Å². The molecule has 0 saturated heterocycles. The van der Waals surface area contributed by atoms with Gasteiger partial charge in [0.2, 0.25) is 0 Å². The molecule has 20 heavy (non-hydrogen) atoms. The van der Waals surface area contributed by atoms with Crippen molar-refractivity contribution in [1.29, 1.82) is 0 Å². The van der Waals surface area contributed by atoms with Gasteiger partial charge in [0, 0.05) is 17.7 Å². The fourth-order valence-electron chi connectivity index (χ4n) is 2.18. The van der Waals surface area contributed by atoms with Gasteiger partial charge in [-0.2, -0.15) is 0 Å². The first-order valence-corrected chi connectivity index (χ1v) is 6.99. The average molecular weight is 274 g/mol. The third kappa shape index (κ3) is 3.61. The van der Waals surface area contributed by atoms with Crippen molar-refractivity contribution >= 4 is 0 Å². The van der Waals surface area contributed by atoms with E-state index in [1.165, 1.54) is 5.56 Å². The first-order valence-electron chi connectivity index (χ1n) is 6.99. The van der Waals surface area contributed by atoms with E-state index < -0.39 is 0 Å². The fraction of sp³-hybridized carbons (Fsp3) is 0.438. The van der Waals surface area contributed by atoms with E-state index in [-0.39, 0.29) is 6.04 Å². The molecule has 0 radical (unpaired) electrons. The standard InChI is InChI=1S/C16H22N2O2/c1-5-17-13(4)15-7-6-11(2)8-16(15)19-10-14-9-12(3)20-18-14/h6-9,13,17H,5,10H2,1-4H3. The fourth-order valence-corrected chi connectivity index (χ4v) is 2.18. The van der Waals surface area contributed by atoms with Crippen LogP contribution in [0, 0.1) is 13.8 Å². The van der Waals surface area contributed by atoms with Gasteiger partial charge < -0.3 is 14.6 Å². The van der Waals surface area contributed by atoms with Crippen molar-refractivity contribution < 1.29 is 9.26 Å². The maximum atomic E-state index is 5.92. The van der Waals surface area contributed by atoms with E-state index in [1.54, 1.807) is 0 Å². The number of hydrogen-bond donors (Lipinski definition) is 1. The van der Waals surface area contributed by atoms with Crippen LogP contribution in [0.25, 0.3) is 0 Å². The van der Waals surface area contributed by atoms with Crippen molar-refractivity contribution in [3.05, 3.63) is 46.8 Å². The molecule has 4 heteroatoms. The third-order valence-electron chi connectivity index (χ3n) is 3.20. The van der Waals surface area contributed by atoms with E-state index >= 15 is 0 Å². The molecule has 2 rings (SSSR count). The van der Waals surface area contributed by atoms with Gasteiger partial charge in [-0.15, -0.1) is 0 Å². The van der Waals surface area contributed by atoms with E-state index in [0.29, 0.717) is 6.61 Å². The number of aromatic nitrogens is 1. The van der Waals surface area contributed by atoms with Gasteiger partial charge in [0.15, 0.2) is 0 Å². The summed E-state index contributed by atoms with van der Waals surface area (Å²) < 4.78 is 11.0. The van der Waals surface area contributed by atoms with Gasteiger partial charge in [0.1, 0.15) is 23.8 Å². The van der Waals surface area contributed by atoms with E-state index in [1.807, 2.05) is 13.0 Å². The lowest BCUT2D eigenvalue weighted by molar-refractivity contribution is 0.282. The second-order valence-corrected chi connectivity index (χ2v) is 5.04. The number of nitrogens with zero attached hydrogens (tertiary/aromatic N) is 1. The van der Waals surface area contributed by atoms with Gasteiger partial charge in [0.25, 0.3) is 0 Å². The lowest BCUT2D eigenvalue weighted by Crippen LogP contribution is -2.18. The molecule has 0 saturated carbocycles. The quantitative estimate of drug-likeness (QED) is 0.875. The Morgan fingerprint density at radius 3 is 2.75 bits per heavy atom. The summed E-state index contributed by atoms with van der Waals surface area (Å²) in [7, 11) is 0. The van der Waals surface area contributed by atoms with E-state index in [2.05, 4.69) is 49.4 Å². The molecule has 0 fully saturated rings. The number of benzene rings is 1. The van der Waals surface area contributed by atoms with Gasteiger partial charge in [-0.3, -0.25) is 0 Å². The molecular weight excluding hydrogens is 252 g/mol. The lowest BCUT2D eigenvalue weighted by atomic mass is 10.0. The monoisotopic (exact) mass is 274 g/mol. The zero-order chi connectivity index (χ0) is 14.5. The summed E-state index contributed by atoms with van der Waals surface area (Å²) in [6, 6.07) is 8.44. The zero-order valence-electron chi connectivity index (χ0n) is 12.6. The van der Waals surface area contributed by atoms with Crippen molar-refractivity contribution in [1.82, 2.24) is 10.5 Å². The van der Waals surface area contributed by atoms with E-state index in [4.69, 9.17) is 9.26 Å². The molecule has 1 N–H and O–H groups in total. The van der Waals surface area contributed by atoms with Gasteiger partial charge in [-0.1, -0.05) is 24.2 Å². The van der Waals surface area contributed by atoms with Crippen LogP contribution in [0.3, 0.4) is 0 Å². The predicted molar refractivity (Wildman–Crippen MR) is 78.8 cm³/mol. The Morgan fingerprint density at radius 1 is 1.30 bits per heavy atom. The van der Waals surface area contributed by atoms with Crippen molar-refractivity contribution in [2.24, 2.45) is 0 Å². The first kappa shape index (κ1) is 14.6. The minimum absolute atomic E-state index is 0.259. The molecule has 4 nitrogen and oxygen atoms in total. The van der Waals surface area contributed by atoms with Crippen LogP contribution < -0.4 is 10.1 Å². The Morgan fingerprint density at radius 2 is 2.10 bits per heavy atom. The minimum atomic E-state index is 0.259.